The van der Waals surface area contributed by atoms with Crippen LogP contribution in [0.4, 0.5) is 0 Å². The van der Waals surface area contributed by atoms with Gasteiger partial charge in [-0.15, -0.1) is 0 Å². The van der Waals surface area contributed by atoms with Crippen LogP contribution in [-0.4, -0.2) is 104 Å². The Morgan fingerprint density at radius 2 is 1.82 bits per heavy atom. The molecule has 2 amide bonds. The normalized spacial score (nSPS) is 27.2. The van der Waals surface area contributed by atoms with Crippen molar-refractivity contribution in [2.75, 3.05) is 52.2 Å². The smallest absolute Gasteiger partial charge is 0.242 e. The van der Waals surface area contributed by atoms with Crippen LogP contribution in [0.2, 0.25) is 10.0 Å². The summed E-state index contributed by atoms with van der Waals surface area (Å²) in [7, 11) is -1.47. The molecule has 9 nitrogen and oxygen atoms in total. The highest BCUT2D eigenvalue weighted by Crippen LogP contribution is 2.33. The molecule has 1 N–H and O–H groups in total. The predicted octanol–water partition coefficient (Wildman–Crippen LogP) is 2.63. The van der Waals surface area contributed by atoms with Gasteiger partial charge in [-0.2, -0.15) is 4.31 Å². The first-order valence-electron chi connectivity index (χ1n) is 14.0. The molecule has 3 unspecified atom stereocenters. The second-order valence-electron chi connectivity index (χ2n) is 11.6. The van der Waals surface area contributed by atoms with Crippen molar-refractivity contribution in [3.05, 3.63) is 33.8 Å². The Morgan fingerprint density at radius 3 is 2.49 bits per heavy atom. The quantitative estimate of drug-likeness (QED) is 0.494. The summed E-state index contributed by atoms with van der Waals surface area (Å²) < 4.78 is 27.3. The number of benzene rings is 1. The summed E-state index contributed by atoms with van der Waals surface area (Å²) in [5, 5.41) is 4.40. The fourth-order valence-corrected chi connectivity index (χ4v) is 8.54. The van der Waals surface area contributed by atoms with Crippen molar-refractivity contribution in [2.45, 2.75) is 57.2 Å². The van der Waals surface area contributed by atoms with Crippen molar-refractivity contribution < 1.29 is 18.0 Å². The molecule has 4 fully saturated rings. The molecule has 5 rings (SSSR count). The van der Waals surface area contributed by atoms with E-state index in [0.717, 1.165) is 44.1 Å². The van der Waals surface area contributed by atoms with E-state index in [0.29, 0.717) is 55.4 Å². The molecule has 2 aliphatic carbocycles. The first-order chi connectivity index (χ1) is 18.6. The third-order valence-electron chi connectivity index (χ3n) is 9.01. The highest BCUT2D eigenvalue weighted by atomic mass is 35.5. The summed E-state index contributed by atoms with van der Waals surface area (Å²) in [6.45, 7) is 3.23. The molecule has 1 aromatic rings. The molecule has 216 valence electrons. The van der Waals surface area contributed by atoms with Gasteiger partial charge < -0.3 is 9.80 Å². The van der Waals surface area contributed by atoms with E-state index < -0.39 is 10.0 Å². The van der Waals surface area contributed by atoms with Crippen molar-refractivity contribution in [3.63, 3.8) is 0 Å². The van der Waals surface area contributed by atoms with Crippen molar-refractivity contribution in [1.82, 2.24) is 24.3 Å². The minimum atomic E-state index is -3.19. The van der Waals surface area contributed by atoms with Crippen LogP contribution in [0.25, 0.3) is 0 Å². The van der Waals surface area contributed by atoms with Gasteiger partial charge in [0.15, 0.2) is 0 Å². The molecule has 1 aromatic carbocycles. The largest absolute Gasteiger partial charge is 0.340 e. The lowest BCUT2D eigenvalue weighted by molar-refractivity contribution is -0.148. The van der Waals surface area contributed by atoms with Crippen LogP contribution in [0.5, 0.6) is 0 Å². The van der Waals surface area contributed by atoms with Crippen LogP contribution >= 0.6 is 23.2 Å². The zero-order valence-electron chi connectivity index (χ0n) is 22.5. The van der Waals surface area contributed by atoms with E-state index in [2.05, 4.69) is 10.2 Å². The van der Waals surface area contributed by atoms with Crippen molar-refractivity contribution >= 4 is 45.0 Å². The van der Waals surface area contributed by atoms with Crippen LogP contribution in [-0.2, 0) is 26.2 Å². The summed E-state index contributed by atoms with van der Waals surface area (Å²) >= 11 is 12.1. The van der Waals surface area contributed by atoms with Gasteiger partial charge in [-0.1, -0.05) is 35.7 Å². The fraction of sp³-hybridized carbons (Fsp3) is 0.704. The first kappa shape index (κ1) is 29.1. The lowest BCUT2D eigenvalue weighted by Crippen LogP contribution is -2.62. The average molecular weight is 601 g/mol. The molecule has 0 radical (unpaired) electrons. The number of piperazine rings is 1. The molecule has 0 spiro atoms. The van der Waals surface area contributed by atoms with Crippen LogP contribution in [0.15, 0.2) is 18.2 Å². The van der Waals surface area contributed by atoms with E-state index in [-0.39, 0.29) is 42.1 Å². The fourth-order valence-electron chi connectivity index (χ4n) is 6.36. The Balaban J connectivity index is 1.12. The maximum Gasteiger partial charge on any atom is 0.242 e. The molecule has 12 heteroatoms. The number of amides is 2. The Labute approximate surface area is 241 Å². The van der Waals surface area contributed by atoms with Gasteiger partial charge in [0, 0.05) is 51.9 Å². The van der Waals surface area contributed by atoms with E-state index in [1.54, 1.807) is 33.3 Å². The van der Waals surface area contributed by atoms with Crippen LogP contribution in [0.1, 0.15) is 44.1 Å². The number of fused-ring (bicyclic) bond motifs is 1. The molecule has 2 saturated carbocycles. The summed E-state index contributed by atoms with van der Waals surface area (Å²) in [5.41, 5.74) is 0.870. The molecule has 39 heavy (non-hydrogen) atoms. The summed E-state index contributed by atoms with van der Waals surface area (Å²) in [4.78, 5) is 32.0. The Bertz CT molecular complexity index is 1170. The van der Waals surface area contributed by atoms with Gasteiger partial charge in [0.2, 0.25) is 21.8 Å². The van der Waals surface area contributed by atoms with Crippen molar-refractivity contribution in [3.8, 4) is 0 Å². The molecule has 4 aliphatic rings. The Morgan fingerprint density at radius 1 is 1.08 bits per heavy atom. The lowest BCUT2D eigenvalue weighted by atomic mass is 9.79. The third-order valence-corrected chi connectivity index (χ3v) is 11.8. The number of rotatable bonds is 8. The zero-order chi connectivity index (χ0) is 27.7. The minimum absolute atomic E-state index is 0.0229. The molecule has 3 atom stereocenters. The van der Waals surface area contributed by atoms with Gasteiger partial charge in [0.1, 0.15) is 6.54 Å². The van der Waals surface area contributed by atoms with Crippen LogP contribution in [0.3, 0.4) is 0 Å². The number of nitrogens with one attached hydrogen (secondary N) is 1. The number of halogens is 2. The number of likely N-dealkylation sites (N-methyl/N-ethyl adjacent to an activating group) is 1. The van der Waals surface area contributed by atoms with E-state index >= 15 is 0 Å². The number of carbonyl (C=O) groups excluding carboxylic acids is 2. The van der Waals surface area contributed by atoms with Crippen LogP contribution in [0, 0.1) is 11.8 Å². The van der Waals surface area contributed by atoms with E-state index in [1.165, 1.54) is 0 Å². The monoisotopic (exact) mass is 599 g/mol. The van der Waals surface area contributed by atoms with Crippen molar-refractivity contribution in [2.24, 2.45) is 11.8 Å². The molecular formula is C27H39Cl2N5O4S. The molecule has 0 bridgehead atoms. The zero-order valence-corrected chi connectivity index (χ0v) is 24.9. The van der Waals surface area contributed by atoms with Gasteiger partial charge in [-0.25, -0.2) is 8.42 Å². The number of nitrogens with zero attached hydrogens (tertiary/aromatic N) is 4. The summed E-state index contributed by atoms with van der Waals surface area (Å²) in [6, 6.07) is 5.67. The molecule has 0 aromatic heterocycles. The molecule has 2 heterocycles. The van der Waals surface area contributed by atoms with Crippen LogP contribution < -0.4 is 5.32 Å². The maximum atomic E-state index is 13.5. The molecule has 2 saturated heterocycles. The number of carbonyl (C=O) groups is 2. The summed E-state index contributed by atoms with van der Waals surface area (Å²) in [6.07, 6.45) is 5.83. The van der Waals surface area contributed by atoms with Gasteiger partial charge in [-0.05, 0) is 55.7 Å². The standard InChI is InChI=1S/C27H39Cl2N5O4S/c1-31(15-20-5-7-23(28)24(29)13-20)26(35)16-33-18-30-25-8-6-21(14-22(25)27(33)36)32-9-11-34(12-10-32)39(37,38)17-19-3-2-4-19/h5,7,13,19,21-22,25,30H,2-4,6,8-12,14-18H2,1H3. The second-order valence-corrected chi connectivity index (χ2v) is 14.4. The second kappa shape index (κ2) is 12.2. The highest BCUT2D eigenvalue weighted by molar-refractivity contribution is 7.89. The van der Waals surface area contributed by atoms with E-state index in [9.17, 15) is 18.0 Å². The first-order valence-corrected chi connectivity index (χ1v) is 16.4. The predicted molar refractivity (Wildman–Crippen MR) is 152 cm³/mol. The van der Waals surface area contributed by atoms with Crippen molar-refractivity contribution in [1.29, 1.82) is 0 Å². The van der Waals surface area contributed by atoms with Gasteiger partial charge >= 0.3 is 0 Å². The van der Waals surface area contributed by atoms with E-state index in [4.69, 9.17) is 23.2 Å². The average Bonchev–Trinajstić information content (AvgIpc) is 2.90. The number of hydrogen-bond donors (Lipinski definition) is 1. The summed E-state index contributed by atoms with van der Waals surface area (Å²) in [5.74, 6) is 0.338. The Kier molecular flexibility index (Phi) is 9.10. The number of hydrogen-bond acceptors (Lipinski definition) is 6. The minimum Gasteiger partial charge on any atom is -0.340 e. The lowest BCUT2D eigenvalue weighted by Gasteiger charge is -2.47. The molecule has 2 aliphatic heterocycles. The van der Waals surface area contributed by atoms with Gasteiger partial charge in [-0.3, -0.25) is 19.8 Å². The van der Waals surface area contributed by atoms with Gasteiger partial charge in [0.05, 0.1) is 28.4 Å². The number of sulfonamides is 1. The van der Waals surface area contributed by atoms with E-state index in [1.807, 2.05) is 6.07 Å². The topological polar surface area (TPSA) is 93.3 Å². The third kappa shape index (κ3) is 6.73. The maximum absolute atomic E-state index is 13.5. The highest BCUT2D eigenvalue weighted by Gasteiger charge is 2.43. The molecular weight excluding hydrogens is 561 g/mol. The SMILES string of the molecule is CN(Cc1ccc(Cl)c(Cl)c1)C(=O)CN1CNC2CCC(N3CCN(S(=O)(=O)CC4CCC4)CC3)CC2C1=O. The Hall–Kier alpha value is -1.43. The van der Waals surface area contributed by atoms with Gasteiger partial charge in [0.25, 0.3) is 0 Å².